The van der Waals surface area contributed by atoms with Gasteiger partial charge < -0.3 is 14.3 Å². The lowest BCUT2D eigenvalue weighted by atomic mass is 10.3. The summed E-state index contributed by atoms with van der Waals surface area (Å²) in [4.78, 5) is 3.24. The smallest absolute Gasteiger partial charge is 0.178 e. The average molecular weight is 341 g/mol. The molecule has 102 valence electrons. The van der Waals surface area contributed by atoms with E-state index in [9.17, 15) is 0 Å². The molecule has 0 aliphatic heterocycles. The van der Waals surface area contributed by atoms with Crippen LogP contribution in [0.25, 0.3) is 11.0 Å². The normalized spacial score (nSPS) is 16.5. The summed E-state index contributed by atoms with van der Waals surface area (Å²) in [7, 11) is 0. The van der Waals surface area contributed by atoms with Crippen molar-refractivity contribution in [2.75, 3.05) is 6.61 Å². The zero-order valence-electron chi connectivity index (χ0n) is 10.7. The Bertz CT molecular complexity index is 628. The van der Waals surface area contributed by atoms with Crippen molar-refractivity contribution in [2.24, 2.45) is 0 Å². The standard InChI is InChI=1S/C14H17BrN2OS/c15-10-5-6-13-12(9-10)16-14(19)17(13)7-8-18-11-3-1-2-4-11/h5-6,9,11H,1-4,7-8H2,(H,16,19). The minimum absolute atomic E-state index is 0.466. The van der Waals surface area contributed by atoms with Crippen molar-refractivity contribution >= 4 is 39.2 Å². The molecule has 0 spiro atoms. The Kier molecular flexibility index (Phi) is 4.05. The molecule has 2 aromatic rings. The number of H-pyrrole nitrogens is 1. The van der Waals surface area contributed by atoms with Gasteiger partial charge in [-0.2, -0.15) is 0 Å². The Hall–Kier alpha value is -0.650. The predicted octanol–water partition coefficient (Wildman–Crippen LogP) is 4.42. The van der Waals surface area contributed by atoms with Gasteiger partial charge >= 0.3 is 0 Å². The topological polar surface area (TPSA) is 29.9 Å². The molecular weight excluding hydrogens is 324 g/mol. The first-order chi connectivity index (χ1) is 9.24. The highest BCUT2D eigenvalue weighted by atomic mass is 79.9. The number of rotatable bonds is 4. The molecule has 1 aromatic heterocycles. The Morgan fingerprint density at radius 3 is 2.95 bits per heavy atom. The first-order valence-corrected chi connectivity index (χ1v) is 7.94. The molecule has 1 aromatic carbocycles. The van der Waals surface area contributed by atoms with Crippen LogP contribution in [-0.4, -0.2) is 22.3 Å². The Labute approximate surface area is 126 Å². The van der Waals surface area contributed by atoms with Crippen LogP contribution in [0.4, 0.5) is 0 Å². The number of aromatic amines is 1. The molecule has 0 amide bonds. The number of nitrogens with zero attached hydrogens (tertiary/aromatic N) is 1. The minimum Gasteiger partial charge on any atom is -0.376 e. The second kappa shape index (κ2) is 5.77. The maximum Gasteiger partial charge on any atom is 0.178 e. The first-order valence-electron chi connectivity index (χ1n) is 6.74. The third-order valence-electron chi connectivity index (χ3n) is 3.71. The molecule has 1 aliphatic rings. The summed E-state index contributed by atoms with van der Waals surface area (Å²) < 4.78 is 9.86. The second-order valence-corrected chi connectivity index (χ2v) is 6.32. The van der Waals surface area contributed by atoms with Crippen LogP contribution < -0.4 is 0 Å². The second-order valence-electron chi connectivity index (χ2n) is 5.02. The van der Waals surface area contributed by atoms with Crippen LogP contribution >= 0.6 is 28.1 Å². The molecule has 1 saturated carbocycles. The van der Waals surface area contributed by atoms with E-state index in [1.165, 1.54) is 25.7 Å². The highest BCUT2D eigenvalue weighted by Crippen LogP contribution is 2.22. The lowest BCUT2D eigenvalue weighted by molar-refractivity contribution is 0.0533. The summed E-state index contributed by atoms with van der Waals surface area (Å²) in [5, 5.41) is 0. The van der Waals surface area contributed by atoms with Crippen molar-refractivity contribution in [1.82, 2.24) is 9.55 Å². The van der Waals surface area contributed by atoms with Crippen molar-refractivity contribution in [2.45, 2.75) is 38.3 Å². The van der Waals surface area contributed by atoms with Gasteiger partial charge in [0, 0.05) is 11.0 Å². The van der Waals surface area contributed by atoms with Gasteiger partial charge in [-0.15, -0.1) is 0 Å². The fourth-order valence-corrected chi connectivity index (χ4v) is 3.38. The highest BCUT2D eigenvalue weighted by Gasteiger charge is 2.15. The maximum absolute atomic E-state index is 5.91. The average Bonchev–Trinajstić information content (AvgIpc) is 2.98. The SMILES string of the molecule is S=c1[nH]c2cc(Br)ccc2n1CCOC1CCCC1. The molecule has 0 bridgehead atoms. The Morgan fingerprint density at radius 2 is 2.16 bits per heavy atom. The van der Waals surface area contributed by atoms with E-state index in [-0.39, 0.29) is 0 Å². The molecule has 5 heteroatoms. The maximum atomic E-state index is 5.91. The van der Waals surface area contributed by atoms with Gasteiger partial charge in [0.2, 0.25) is 0 Å². The van der Waals surface area contributed by atoms with Crippen molar-refractivity contribution in [3.63, 3.8) is 0 Å². The third-order valence-corrected chi connectivity index (χ3v) is 4.52. The number of fused-ring (bicyclic) bond motifs is 1. The van der Waals surface area contributed by atoms with Crippen LogP contribution in [0.1, 0.15) is 25.7 Å². The highest BCUT2D eigenvalue weighted by molar-refractivity contribution is 9.10. The summed E-state index contributed by atoms with van der Waals surface area (Å²) in [5.74, 6) is 0. The number of nitrogens with one attached hydrogen (secondary N) is 1. The Balaban J connectivity index is 1.73. The van der Waals surface area contributed by atoms with Crippen LogP contribution in [0.3, 0.4) is 0 Å². The van der Waals surface area contributed by atoms with Gasteiger partial charge in [-0.1, -0.05) is 28.8 Å². The van der Waals surface area contributed by atoms with Gasteiger partial charge in [0.05, 0.1) is 23.7 Å². The van der Waals surface area contributed by atoms with Gasteiger partial charge in [0.25, 0.3) is 0 Å². The number of halogens is 1. The van der Waals surface area contributed by atoms with Gasteiger partial charge in [0.15, 0.2) is 4.77 Å². The van der Waals surface area contributed by atoms with Gasteiger partial charge in [-0.3, -0.25) is 0 Å². The molecule has 0 unspecified atom stereocenters. The van der Waals surface area contributed by atoms with E-state index in [4.69, 9.17) is 17.0 Å². The van der Waals surface area contributed by atoms with Crippen LogP contribution in [0.5, 0.6) is 0 Å². The van der Waals surface area contributed by atoms with Crippen molar-refractivity contribution in [1.29, 1.82) is 0 Å². The van der Waals surface area contributed by atoms with E-state index in [1.807, 2.05) is 6.07 Å². The van der Waals surface area contributed by atoms with Gasteiger partial charge in [0.1, 0.15) is 0 Å². The lowest BCUT2D eigenvalue weighted by Gasteiger charge is -2.11. The minimum atomic E-state index is 0.466. The van der Waals surface area contributed by atoms with Crippen molar-refractivity contribution < 1.29 is 4.74 Å². The largest absolute Gasteiger partial charge is 0.376 e. The summed E-state index contributed by atoms with van der Waals surface area (Å²) in [6.07, 6.45) is 5.52. The molecule has 3 rings (SSSR count). The summed E-state index contributed by atoms with van der Waals surface area (Å²) >= 11 is 8.86. The van der Waals surface area contributed by atoms with E-state index in [1.54, 1.807) is 0 Å². The number of aromatic nitrogens is 2. The van der Waals surface area contributed by atoms with Crippen molar-refractivity contribution in [3.05, 3.63) is 27.4 Å². The van der Waals surface area contributed by atoms with Crippen LogP contribution in [-0.2, 0) is 11.3 Å². The monoisotopic (exact) mass is 340 g/mol. The third kappa shape index (κ3) is 2.93. The Morgan fingerprint density at radius 1 is 1.37 bits per heavy atom. The molecule has 19 heavy (non-hydrogen) atoms. The van der Waals surface area contributed by atoms with E-state index < -0.39 is 0 Å². The summed E-state index contributed by atoms with van der Waals surface area (Å²) in [6.45, 7) is 1.55. The number of hydrogen-bond donors (Lipinski definition) is 1. The van der Waals surface area contributed by atoms with E-state index in [0.717, 1.165) is 33.4 Å². The molecule has 3 nitrogen and oxygen atoms in total. The van der Waals surface area contributed by atoms with E-state index in [0.29, 0.717) is 6.10 Å². The van der Waals surface area contributed by atoms with Crippen LogP contribution in [0, 0.1) is 4.77 Å². The molecule has 1 N–H and O–H groups in total. The lowest BCUT2D eigenvalue weighted by Crippen LogP contribution is -2.13. The first kappa shape index (κ1) is 13.3. The zero-order chi connectivity index (χ0) is 13.2. The van der Waals surface area contributed by atoms with Gasteiger partial charge in [-0.25, -0.2) is 0 Å². The fraction of sp³-hybridized carbons (Fsp3) is 0.500. The molecule has 1 aliphatic carbocycles. The summed E-state index contributed by atoms with van der Waals surface area (Å²) in [6, 6.07) is 6.18. The summed E-state index contributed by atoms with van der Waals surface area (Å²) in [5.41, 5.74) is 2.21. The predicted molar refractivity (Wildman–Crippen MR) is 83.0 cm³/mol. The molecule has 0 atom stereocenters. The molecule has 0 saturated heterocycles. The number of hydrogen-bond acceptors (Lipinski definition) is 2. The molecular formula is C14H17BrN2OS. The van der Waals surface area contributed by atoms with Crippen LogP contribution in [0.15, 0.2) is 22.7 Å². The molecule has 1 heterocycles. The van der Waals surface area contributed by atoms with Crippen LogP contribution in [0.2, 0.25) is 0 Å². The van der Waals surface area contributed by atoms with E-state index in [2.05, 4.69) is 37.6 Å². The number of benzene rings is 1. The molecule has 1 fully saturated rings. The van der Waals surface area contributed by atoms with E-state index >= 15 is 0 Å². The number of ether oxygens (including phenoxy) is 1. The van der Waals surface area contributed by atoms with Gasteiger partial charge in [-0.05, 0) is 43.3 Å². The van der Waals surface area contributed by atoms with Crippen molar-refractivity contribution in [3.8, 4) is 0 Å². The quantitative estimate of drug-likeness (QED) is 0.835. The number of imidazole rings is 1. The molecule has 0 radical (unpaired) electrons. The zero-order valence-corrected chi connectivity index (χ0v) is 13.1. The fourth-order valence-electron chi connectivity index (χ4n) is 2.72.